The second kappa shape index (κ2) is 7.00. The predicted octanol–water partition coefficient (Wildman–Crippen LogP) is 2.55. The van der Waals surface area contributed by atoms with Crippen molar-refractivity contribution in [3.63, 3.8) is 0 Å². The van der Waals surface area contributed by atoms with Crippen molar-refractivity contribution in [1.29, 1.82) is 0 Å². The summed E-state index contributed by atoms with van der Waals surface area (Å²) in [5, 5.41) is 0. The summed E-state index contributed by atoms with van der Waals surface area (Å²) in [5.74, 6) is 2.30. The number of esters is 1. The lowest BCUT2D eigenvalue weighted by Gasteiger charge is -2.35. The Morgan fingerprint density at radius 3 is 2.35 bits per heavy atom. The fourth-order valence-corrected chi connectivity index (χ4v) is 2.57. The van der Waals surface area contributed by atoms with Crippen molar-refractivity contribution in [2.24, 2.45) is 17.8 Å². The first-order chi connectivity index (χ1) is 8.04. The molecule has 1 aliphatic rings. The Kier molecular flexibility index (Phi) is 5.96. The fourth-order valence-electron chi connectivity index (χ4n) is 2.57. The van der Waals surface area contributed by atoms with Crippen LogP contribution in [-0.2, 0) is 9.53 Å². The Morgan fingerprint density at radius 2 is 1.88 bits per heavy atom. The molecule has 3 heteroatoms. The minimum absolute atomic E-state index is 0.0807. The molecule has 0 radical (unpaired) electrons. The van der Waals surface area contributed by atoms with E-state index in [1.807, 2.05) is 6.92 Å². The zero-order valence-corrected chi connectivity index (χ0v) is 11.7. The monoisotopic (exact) mass is 241 g/mol. The molecule has 0 saturated carbocycles. The van der Waals surface area contributed by atoms with E-state index in [1.165, 1.54) is 12.8 Å². The highest BCUT2D eigenvalue weighted by atomic mass is 16.5. The molecule has 1 rings (SSSR count). The normalized spacial score (nSPS) is 20.5. The molecule has 1 fully saturated rings. The molecule has 1 atom stereocenters. The molecule has 0 aliphatic carbocycles. The van der Waals surface area contributed by atoms with E-state index in [0.29, 0.717) is 13.2 Å². The van der Waals surface area contributed by atoms with E-state index in [-0.39, 0.29) is 5.97 Å². The van der Waals surface area contributed by atoms with Gasteiger partial charge in [0.25, 0.3) is 0 Å². The van der Waals surface area contributed by atoms with Crippen molar-refractivity contribution in [2.45, 2.75) is 40.5 Å². The van der Waals surface area contributed by atoms with E-state index in [0.717, 1.165) is 30.8 Å². The summed E-state index contributed by atoms with van der Waals surface area (Å²) in [6, 6.07) is 0. The van der Waals surface area contributed by atoms with Crippen LogP contribution in [0.1, 0.15) is 40.5 Å². The van der Waals surface area contributed by atoms with Gasteiger partial charge in [-0.2, -0.15) is 0 Å². The highest BCUT2D eigenvalue weighted by Gasteiger charge is 2.26. The second-order valence-corrected chi connectivity index (χ2v) is 5.52. The summed E-state index contributed by atoms with van der Waals surface area (Å²) in [7, 11) is 0. The van der Waals surface area contributed by atoms with Crippen LogP contribution >= 0.6 is 0 Å². The van der Waals surface area contributed by atoms with Gasteiger partial charge < -0.3 is 4.74 Å². The number of rotatable bonds is 5. The molecule has 0 aromatic rings. The number of piperidine rings is 1. The maximum atomic E-state index is 11.4. The van der Waals surface area contributed by atoms with Crippen LogP contribution in [0.15, 0.2) is 0 Å². The van der Waals surface area contributed by atoms with Crippen molar-refractivity contribution >= 4 is 5.97 Å². The summed E-state index contributed by atoms with van der Waals surface area (Å²) in [5.41, 5.74) is 0. The Hall–Kier alpha value is -0.570. The van der Waals surface area contributed by atoms with Crippen LogP contribution in [0.2, 0.25) is 0 Å². The lowest BCUT2D eigenvalue weighted by molar-refractivity contribution is -0.144. The van der Waals surface area contributed by atoms with E-state index < -0.39 is 0 Å². The largest absolute Gasteiger partial charge is 0.465 e. The van der Waals surface area contributed by atoms with E-state index in [4.69, 9.17) is 4.74 Å². The highest BCUT2D eigenvalue weighted by Crippen LogP contribution is 2.29. The second-order valence-electron chi connectivity index (χ2n) is 5.52. The quantitative estimate of drug-likeness (QED) is 0.693. The topological polar surface area (TPSA) is 29.5 Å². The van der Waals surface area contributed by atoms with E-state index in [2.05, 4.69) is 25.7 Å². The van der Waals surface area contributed by atoms with E-state index >= 15 is 0 Å². The number of hydrogen-bond donors (Lipinski definition) is 0. The van der Waals surface area contributed by atoms with Gasteiger partial charge in [-0.05, 0) is 50.6 Å². The summed E-state index contributed by atoms with van der Waals surface area (Å²) < 4.78 is 4.98. The minimum atomic E-state index is -0.0807. The van der Waals surface area contributed by atoms with Crippen molar-refractivity contribution < 1.29 is 9.53 Å². The first kappa shape index (κ1) is 14.5. The smallest absolute Gasteiger partial charge is 0.320 e. The summed E-state index contributed by atoms with van der Waals surface area (Å²) >= 11 is 0. The van der Waals surface area contributed by atoms with Crippen molar-refractivity contribution in [3.05, 3.63) is 0 Å². The molecule has 0 bridgehead atoms. The zero-order chi connectivity index (χ0) is 12.8. The van der Waals surface area contributed by atoms with Crippen molar-refractivity contribution in [2.75, 3.05) is 26.2 Å². The maximum Gasteiger partial charge on any atom is 0.320 e. The van der Waals surface area contributed by atoms with Crippen LogP contribution in [0.5, 0.6) is 0 Å². The zero-order valence-electron chi connectivity index (χ0n) is 11.7. The van der Waals surface area contributed by atoms with Gasteiger partial charge in [-0.1, -0.05) is 20.8 Å². The van der Waals surface area contributed by atoms with Gasteiger partial charge in [-0.3, -0.25) is 9.69 Å². The molecule has 0 amide bonds. The number of nitrogens with zero attached hydrogens (tertiary/aromatic N) is 1. The third-order valence-corrected chi connectivity index (χ3v) is 4.09. The first-order valence-electron chi connectivity index (χ1n) is 6.92. The first-order valence-corrected chi connectivity index (χ1v) is 6.92. The van der Waals surface area contributed by atoms with Gasteiger partial charge >= 0.3 is 5.97 Å². The molecule has 1 heterocycles. The molecule has 3 nitrogen and oxygen atoms in total. The molecule has 0 aromatic heterocycles. The highest BCUT2D eigenvalue weighted by molar-refractivity contribution is 5.71. The van der Waals surface area contributed by atoms with Gasteiger partial charge in [0.15, 0.2) is 0 Å². The maximum absolute atomic E-state index is 11.4. The molecule has 0 spiro atoms. The Labute approximate surface area is 106 Å². The molecule has 0 N–H and O–H groups in total. The number of ether oxygens (including phenoxy) is 1. The van der Waals surface area contributed by atoms with Crippen LogP contribution in [0.4, 0.5) is 0 Å². The standard InChI is InChI=1S/C14H27NO2/c1-5-17-14(16)10-15-8-6-13(7-9-15)12(4)11(2)3/h11-13H,5-10H2,1-4H3. The molecule has 17 heavy (non-hydrogen) atoms. The van der Waals surface area contributed by atoms with Gasteiger partial charge in [-0.15, -0.1) is 0 Å². The Bertz CT molecular complexity index is 232. The Balaban J connectivity index is 2.28. The lowest BCUT2D eigenvalue weighted by atomic mass is 9.79. The van der Waals surface area contributed by atoms with Gasteiger partial charge in [0.1, 0.15) is 0 Å². The van der Waals surface area contributed by atoms with Gasteiger partial charge in [-0.25, -0.2) is 0 Å². The lowest BCUT2D eigenvalue weighted by Crippen LogP contribution is -2.39. The molecule has 1 aliphatic heterocycles. The average Bonchev–Trinajstić information content (AvgIpc) is 2.29. The summed E-state index contributed by atoms with van der Waals surface area (Å²) in [4.78, 5) is 13.6. The van der Waals surface area contributed by atoms with Crippen molar-refractivity contribution in [1.82, 2.24) is 4.90 Å². The van der Waals surface area contributed by atoms with E-state index in [9.17, 15) is 4.79 Å². The van der Waals surface area contributed by atoms with Crippen LogP contribution in [-0.4, -0.2) is 37.1 Å². The van der Waals surface area contributed by atoms with Gasteiger partial charge in [0.05, 0.1) is 13.2 Å². The molecule has 0 aromatic carbocycles. The SMILES string of the molecule is CCOC(=O)CN1CCC(C(C)C(C)C)CC1. The fraction of sp³-hybridized carbons (Fsp3) is 0.929. The van der Waals surface area contributed by atoms with E-state index in [1.54, 1.807) is 0 Å². The summed E-state index contributed by atoms with van der Waals surface area (Å²) in [6.45, 7) is 11.9. The van der Waals surface area contributed by atoms with Crippen LogP contribution < -0.4 is 0 Å². The molecule has 100 valence electrons. The van der Waals surface area contributed by atoms with Gasteiger partial charge in [0, 0.05) is 0 Å². The number of likely N-dealkylation sites (tertiary alicyclic amines) is 1. The molecular weight excluding hydrogens is 214 g/mol. The van der Waals surface area contributed by atoms with Gasteiger partial charge in [0.2, 0.25) is 0 Å². The number of hydrogen-bond acceptors (Lipinski definition) is 3. The summed E-state index contributed by atoms with van der Waals surface area (Å²) in [6.07, 6.45) is 2.44. The number of carbonyl (C=O) groups is 1. The predicted molar refractivity (Wildman–Crippen MR) is 69.8 cm³/mol. The minimum Gasteiger partial charge on any atom is -0.465 e. The molecule has 1 unspecified atom stereocenters. The van der Waals surface area contributed by atoms with Crippen LogP contribution in [0.25, 0.3) is 0 Å². The number of carbonyl (C=O) groups excluding carboxylic acids is 1. The van der Waals surface area contributed by atoms with Crippen LogP contribution in [0, 0.1) is 17.8 Å². The van der Waals surface area contributed by atoms with Crippen molar-refractivity contribution in [3.8, 4) is 0 Å². The third kappa shape index (κ3) is 4.66. The third-order valence-electron chi connectivity index (χ3n) is 4.09. The average molecular weight is 241 g/mol. The molecular formula is C14H27NO2. The van der Waals surface area contributed by atoms with Crippen LogP contribution in [0.3, 0.4) is 0 Å². The Morgan fingerprint density at radius 1 is 1.29 bits per heavy atom. The molecule has 1 saturated heterocycles.